The molecule has 0 fully saturated rings. The van der Waals surface area contributed by atoms with Crippen molar-refractivity contribution in [1.82, 2.24) is 0 Å². The molecule has 2 unspecified atom stereocenters. The van der Waals surface area contributed by atoms with Crippen molar-refractivity contribution in [2.24, 2.45) is 5.73 Å². The minimum absolute atomic E-state index is 0.0713. The van der Waals surface area contributed by atoms with Gasteiger partial charge in [0.25, 0.3) is 0 Å². The minimum atomic E-state index is -0.129. The Kier molecular flexibility index (Phi) is 5.03. The number of nitrogens with two attached hydrogens (primary N) is 1. The second-order valence-corrected chi connectivity index (χ2v) is 5.64. The highest BCUT2D eigenvalue weighted by Crippen LogP contribution is 2.25. The van der Waals surface area contributed by atoms with Crippen molar-refractivity contribution in [3.63, 3.8) is 0 Å². The Morgan fingerprint density at radius 2 is 1.71 bits per heavy atom. The number of ether oxygens (including phenoxy) is 1. The molecule has 2 heteroatoms. The first-order valence-electron chi connectivity index (χ1n) is 7.60. The molecule has 2 atom stereocenters. The molecule has 2 nitrogen and oxygen atoms in total. The smallest absolute Gasteiger partial charge is 0.122 e. The van der Waals surface area contributed by atoms with Crippen LogP contribution in [0.15, 0.2) is 42.5 Å². The molecule has 0 saturated heterocycles. The second kappa shape index (κ2) is 6.77. The Morgan fingerprint density at radius 1 is 1.05 bits per heavy atom. The summed E-state index contributed by atoms with van der Waals surface area (Å²) in [5.74, 6) is 0.920. The Balaban J connectivity index is 2.11. The zero-order valence-electron chi connectivity index (χ0n) is 13.4. The Morgan fingerprint density at radius 3 is 2.33 bits per heavy atom. The first-order valence-corrected chi connectivity index (χ1v) is 7.60. The van der Waals surface area contributed by atoms with Crippen LogP contribution in [0.5, 0.6) is 5.75 Å². The van der Waals surface area contributed by atoms with Gasteiger partial charge in [-0.25, -0.2) is 0 Å². The Labute approximate surface area is 127 Å². The largest absolute Gasteiger partial charge is 0.488 e. The van der Waals surface area contributed by atoms with Crippen LogP contribution < -0.4 is 10.5 Å². The third-order valence-electron chi connectivity index (χ3n) is 4.15. The van der Waals surface area contributed by atoms with Gasteiger partial charge in [-0.05, 0) is 55.5 Å². The molecular formula is C19H25NO. The topological polar surface area (TPSA) is 35.2 Å². The van der Waals surface area contributed by atoms with Crippen LogP contribution in [-0.2, 0) is 6.42 Å². The van der Waals surface area contributed by atoms with Gasteiger partial charge in [0.2, 0.25) is 0 Å². The van der Waals surface area contributed by atoms with Crippen molar-refractivity contribution < 1.29 is 4.74 Å². The molecule has 0 amide bonds. The molecule has 2 rings (SSSR count). The lowest BCUT2D eigenvalue weighted by atomic mass is 10.0. The summed E-state index contributed by atoms with van der Waals surface area (Å²) in [6, 6.07) is 14.5. The monoisotopic (exact) mass is 283 g/mol. The van der Waals surface area contributed by atoms with Gasteiger partial charge in [-0.3, -0.25) is 0 Å². The fourth-order valence-corrected chi connectivity index (χ4v) is 2.37. The van der Waals surface area contributed by atoms with Crippen LogP contribution in [0.1, 0.15) is 42.1 Å². The van der Waals surface area contributed by atoms with Crippen LogP contribution >= 0.6 is 0 Å². The summed E-state index contributed by atoms with van der Waals surface area (Å²) in [5.41, 5.74) is 11.2. The van der Waals surface area contributed by atoms with E-state index in [1.54, 1.807) is 0 Å². The van der Waals surface area contributed by atoms with Gasteiger partial charge in [-0.2, -0.15) is 0 Å². The van der Waals surface area contributed by atoms with Gasteiger partial charge in [0.15, 0.2) is 0 Å². The van der Waals surface area contributed by atoms with E-state index in [-0.39, 0.29) is 12.1 Å². The number of hydrogen-bond acceptors (Lipinski definition) is 2. The van der Waals surface area contributed by atoms with Crippen LogP contribution in [0, 0.1) is 13.8 Å². The van der Waals surface area contributed by atoms with Crippen molar-refractivity contribution in [3.8, 4) is 5.75 Å². The quantitative estimate of drug-likeness (QED) is 0.886. The van der Waals surface area contributed by atoms with Crippen molar-refractivity contribution >= 4 is 0 Å². The molecule has 0 heterocycles. The van der Waals surface area contributed by atoms with Crippen molar-refractivity contribution in [1.29, 1.82) is 0 Å². The molecule has 0 aliphatic carbocycles. The summed E-state index contributed by atoms with van der Waals surface area (Å²) in [4.78, 5) is 0. The first-order chi connectivity index (χ1) is 10.0. The van der Waals surface area contributed by atoms with Gasteiger partial charge in [-0.1, -0.05) is 43.3 Å². The molecule has 0 bridgehead atoms. The van der Waals surface area contributed by atoms with Gasteiger partial charge < -0.3 is 10.5 Å². The summed E-state index contributed by atoms with van der Waals surface area (Å²) in [6.07, 6.45) is 0.974. The SMILES string of the molecule is CCc1ccc(C(N)C(C)Oc2cccc(C)c2C)cc1. The zero-order valence-corrected chi connectivity index (χ0v) is 13.4. The molecule has 2 aromatic carbocycles. The number of benzene rings is 2. The molecule has 0 aliphatic heterocycles. The third kappa shape index (κ3) is 3.64. The maximum absolute atomic E-state index is 6.34. The molecular weight excluding hydrogens is 258 g/mol. The Hall–Kier alpha value is -1.80. The average Bonchev–Trinajstić information content (AvgIpc) is 2.51. The van der Waals surface area contributed by atoms with E-state index in [4.69, 9.17) is 10.5 Å². The maximum Gasteiger partial charge on any atom is 0.122 e. The summed E-state index contributed by atoms with van der Waals surface area (Å²) in [6.45, 7) is 8.36. The zero-order chi connectivity index (χ0) is 15.4. The van der Waals surface area contributed by atoms with E-state index >= 15 is 0 Å². The molecule has 0 aromatic heterocycles. The van der Waals surface area contributed by atoms with Gasteiger partial charge in [0.05, 0.1) is 6.04 Å². The molecule has 0 radical (unpaired) electrons. The average molecular weight is 283 g/mol. The summed E-state index contributed by atoms with van der Waals surface area (Å²) < 4.78 is 6.07. The maximum atomic E-state index is 6.34. The number of hydrogen-bond donors (Lipinski definition) is 1. The predicted molar refractivity (Wildman–Crippen MR) is 88.8 cm³/mol. The molecule has 2 aromatic rings. The van der Waals surface area contributed by atoms with E-state index in [1.165, 1.54) is 16.7 Å². The highest BCUT2D eigenvalue weighted by atomic mass is 16.5. The van der Waals surface area contributed by atoms with Crippen molar-refractivity contribution in [2.45, 2.75) is 46.3 Å². The summed E-state index contributed by atoms with van der Waals surface area (Å²) >= 11 is 0. The lowest BCUT2D eigenvalue weighted by Gasteiger charge is -2.23. The summed E-state index contributed by atoms with van der Waals surface area (Å²) in [7, 11) is 0. The van der Waals surface area contributed by atoms with Crippen LogP contribution in [0.4, 0.5) is 0 Å². The van der Waals surface area contributed by atoms with E-state index in [0.717, 1.165) is 17.7 Å². The fraction of sp³-hybridized carbons (Fsp3) is 0.368. The lowest BCUT2D eigenvalue weighted by molar-refractivity contribution is 0.189. The fourth-order valence-electron chi connectivity index (χ4n) is 2.37. The van der Waals surface area contributed by atoms with Crippen LogP contribution in [0.3, 0.4) is 0 Å². The standard InChI is InChI=1S/C19H25NO/c1-5-16-9-11-17(12-10-16)19(20)15(4)21-18-8-6-7-13(2)14(18)3/h6-12,15,19H,5,20H2,1-4H3. The van der Waals surface area contributed by atoms with E-state index in [1.807, 2.05) is 19.1 Å². The van der Waals surface area contributed by atoms with E-state index in [9.17, 15) is 0 Å². The molecule has 0 aliphatic rings. The van der Waals surface area contributed by atoms with E-state index < -0.39 is 0 Å². The van der Waals surface area contributed by atoms with Crippen LogP contribution in [0.25, 0.3) is 0 Å². The van der Waals surface area contributed by atoms with Gasteiger partial charge in [-0.15, -0.1) is 0 Å². The minimum Gasteiger partial charge on any atom is -0.488 e. The Bertz CT molecular complexity index is 589. The first kappa shape index (κ1) is 15.6. The second-order valence-electron chi connectivity index (χ2n) is 5.64. The normalized spacial score (nSPS) is 13.8. The number of rotatable bonds is 5. The highest BCUT2D eigenvalue weighted by Gasteiger charge is 2.17. The molecule has 0 spiro atoms. The predicted octanol–water partition coefficient (Wildman–Crippen LogP) is 4.33. The molecule has 2 N–H and O–H groups in total. The molecule has 21 heavy (non-hydrogen) atoms. The highest BCUT2D eigenvalue weighted by molar-refractivity contribution is 5.38. The van der Waals surface area contributed by atoms with Crippen LogP contribution in [-0.4, -0.2) is 6.10 Å². The van der Waals surface area contributed by atoms with Gasteiger partial charge >= 0.3 is 0 Å². The van der Waals surface area contributed by atoms with Gasteiger partial charge in [0, 0.05) is 0 Å². The van der Waals surface area contributed by atoms with E-state index in [2.05, 4.69) is 51.1 Å². The molecule has 0 saturated carbocycles. The lowest BCUT2D eigenvalue weighted by Crippen LogP contribution is -2.29. The van der Waals surface area contributed by atoms with Gasteiger partial charge in [0.1, 0.15) is 11.9 Å². The number of aryl methyl sites for hydroxylation is 2. The van der Waals surface area contributed by atoms with Crippen molar-refractivity contribution in [2.75, 3.05) is 0 Å². The van der Waals surface area contributed by atoms with Crippen LogP contribution in [0.2, 0.25) is 0 Å². The summed E-state index contributed by atoms with van der Waals surface area (Å²) in [5, 5.41) is 0. The third-order valence-corrected chi connectivity index (χ3v) is 4.15. The van der Waals surface area contributed by atoms with Crippen molar-refractivity contribution in [3.05, 3.63) is 64.7 Å². The van der Waals surface area contributed by atoms with E-state index in [0.29, 0.717) is 0 Å². The molecule has 112 valence electrons.